The van der Waals surface area contributed by atoms with Crippen LogP contribution in [0, 0.1) is 35.4 Å². The Bertz CT molecular complexity index is 1420. The largest absolute Gasteiger partial charge is 0.497 e. The van der Waals surface area contributed by atoms with E-state index in [9.17, 15) is 18.8 Å². The second-order valence-electron chi connectivity index (χ2n) is 9.72. The number of anilines is 1. The van der Waals surface area contributed by atoms with Crippen molar-refractivity contribution in [3.63, 3.8) is 0 Å². The van der Waals surface area contributed by atoms with E-state index in [-0.39, 0.29) is 57.4 Å². The molecule has 3 aromatic rings. The van der Waals surface area contributed by atoms with Crippen molar-refractivity contribution in [2.75, 3.05) is 12.0 Å². The van der Waals surface area contributed by atoms with Gasteiger partial charge in [-0.05, 0) is 66.1 Å². The van der Waals surface area contributed by atoms with E-state index >= 15 is 0 Å². The van der Waals surface area contributed by atoms with Gasteiger partial charge in [0.15, 0.2) is 0 Å². The molecule has 7 rings (SSSR count). The highest BCUT2D eigenvalue weighted by Crippen LogP contribution is 2.68. The number of rotatable bonds is 3. The Hall–Kier alpha value is -2.91. The zero-order valence-electron chi connectivity index (χ0n) is 18.6. The van der Waals surface area contributed by atoms with E-state index in [0.29, 0.717) is 5.69 Å². The van der Waals surface area contributed by atoms with Crippen molar-refractivity contribution in [1.82, 2.24) is 4.98 Å². The van der Waals surface area contributed by atoms with E-state index < -0.39 is 5.82 Å². The Morgan fingerprint density at radius 3 is 2.34 bits per heavy atom. The number of thiazole rings is 1. The predicted octanol–water partition coefficient (Wildman–Crippen LogP) is 4.26. The minimum absolute atomic E-state index is 0.0233. The molecular weight excluding hydrogens is 487 g/mol. The SMILES string of the molecule is COc1ccc(C2c3sc(=O)[nH]c3SC3C2[C@H]2C[C@@H]3C3C(=O)N(c4ccc(F)cc4)C(=O)C32)cc1. The number of carbonyl (C=O) groups is 2. The zero-order chi connectivity index (χ0) is 24.0. The smallest absolute Gasteiger partial charge is 0.305 e. The molecule has 3 fully saturated rings. The van der Waals surface area contributed by atoms with Crippen molar-refractivity contribution in [3.8, 4) is 5.75 Å². The monoisotopic (exact) mass is 508 g/mol. The second-order valence-corrected chi connectivity index (χ2v) is 11.9. The molecule has 4 aliphatic rings. The Kier molecular flexibility index (Phi) is 4.61. The number of H-pyrrole nitrogens is 1. The van der Waals surface area contributed by atoms with E-state index in [0.717, 1.165) is 27.6 Å². The molecule has 9 heteroatoms. The lowest BCUT2D eigenvalue weighted by Gasteiger charge is -2.43. The molecule has 0 spiro atoms. The summed E-state index contributed by atoms with van der Waals surface area (Å²) < 4.78 is 18.8. The first kappa shape index (κ1) is 21.4. The summed E-state index contributed by atoms with van der Waals surface area (Å²) in [5, 5.41) is 1.02. The van der Waals surface area contributed by atoms with Crippen LogP contribution in [0.3, 0.4) is 0 Å². The zero-order valence-corrected chi connectivity index (χ0v) is 20.3. The Morgan fingerprint density at radius 1 is 0.971 bits per heavy atom. The summed E-state index contributed by atoms with van der Waals surface area (Å²) in [4.78, 5) is 44.8. The van der Waals surface area contributed by atoms with Gasteiger partial charge in [0.2, 0.25) is 11.8 Å². The normalized spacial score (nSPS) is 32.5. The number of benzene rings is 2. The molecule has 0 radical (unpaired) electrons. The molecule has 2 bridgehead atoms. The maximum atomic E-state index is 13.7. The third-order valence-corrected chi connectivity index (χ3v) is 10.9. The number of imide groups is 1. The molecule has 178 valence electrons. The summed E-state index contributed by atoms with van der Waals surface area (Å²) in [7, 11) is 1.63. The van der Waals surface area contributed by atoms with E-state index in [2.05, 4.69) is 4.98 Å². The number of nitrogens with zero attached hydrogens (tertiary/aromatic N) is 1. The Labute approximate surface area is 208 Å². The molecule has 3 heterocycles. The maximum absolute atomic E-state index is 13.7. The van der Waals surface area contributed by atoms with Crippen molar-refractivity contribution in [3.05, 3.63) is 74.5 Å². The summed E-state index contributed by atoms with van der Waals surface area (Å²) in [6.45, 7) is 0. The van der Waals surface area contributed by atoms with Crippen molar-refractivity contribution in [1.29, 1.82) is 0 Å². The quantitative estimate of drug-likeness (QED) is 0.535. The van der Waals surface area contributed by atoms with Gasteiger partial charge < -0.3 is 9.72 Å². The van der Waals surface area contributed by atoms with E-state index in [4.69, 9.17) is 4.74 Å². The minimum Gasteiger partial charge on any atom is -0.497 e. The summed E-state index contributed by atoms with van der Waals surface area (Å²) in [6.07, 6.45) is 0.832. The minimum atomic E-state index is -0.405. The Balaban J connectivity index is 1.31. The number of amides is 2. The van der Waals surface area contributed by atoms with Crippen LogP contribution < -0.4 is 14.5 Å². The molecule has 5 unspecified atom stereocenters. The van der Waals surface area contributed by atoms with Crippen molar-refractivity contribution >= 4 is 40.6 Å². The van der Waals surface area contributed by atoms with Gasteiger partial charge in [-0.1, -0.05) is 23.5 Å². The number of halogens is 1. The van der Waals surface area contributed by atoms with Crippen LogP contribution in [0.1, 0.15) is 22.8 Å². The van der Waals surface area contributed by atoms with Crippen LogP contribution >= 0.6 is 23.1 Å². The first-order chi connectivity index (χ1) is 17.0. The highest BCUT2D eigenvalue weighted by Gasteiger charge is 2.69. The number of nitrogens with one attached hydrogen (secondary N) is 1. The number of carbonyl (C=O) groups excluding carboxylic acids is 2. The van der Waals surface area contributed by atoms with Gasteiger partial charge in [-0.25, -0.2) is 4.39 Å². The standard InChI is InChI=1S/C26H21FN2O4S2/c1-33-14-8-2-11(3-9-14)17-18-15-10-16(21(18)34-23-22(17)35-26(32)28-23)20-19(15)24(30)29(25(20)31)13-6-4-12(27)5-7-13/h2-9,15-21H,10H2,1H3,(H,28,32)/t15-,16-,17?,18?,19?,20?,21?/m1/s1. The van der Waals surface area contributed by atoms with Gasteiger partial charge in [-0.15, -0.1) is 11.8 Å². The van der Waals surface area contributed by atoms with Crippen LogP contribution in [-0.4, -0.2) is 29.2 Å². The molecule has 35 heavy (non-hydrogen) atoms. The lowest BCUT2D eigenvalue weighted by atomic mass is 9.68. The molecular formula is C26H21FN2O4S2. The molecule has 2 aromatic carbocycles. The molecule has 2 aliphatic carbocycles. The van der Waals surface area contributed by atoms with Crippen LogP contribution in [0.15, 0.2) is 58.4 Å². The third-order valence-electron chi connectivity index (χ3n) is 8.28. The lowest BCUT2D eigenvalue weighted by Crippen LogP contribution is -2.42. The summed E-state index contributed by atoms with van der Waals surface area (Å²) >= 11 is 2.91. The van der Waals surface area contributed by atoms with Gasteiger partial charge in [-0.3, -0.25) is 19.3 Å². The van der Waals surface area contributed by atoms with E-state index in [1.54, 1.807) is 18.9 Å². The number of ether oxygens (including phenoxy) is 1. The molecule has 7 atom stereocenters. The number of methoxy groups -OCH3 is 1. The fourth-order valence-electron chi connectivity index (χ4n) is 7.05. The molecule has 6 nitrogen and oxygen atoms in total. The van der Waals surface area contributed by atoms with Crippen LogP contribution in [0.5, 0.6) is 5.75 Å². The molecule has 1 saturated heterocycles. The van der Waals surface area contributed by atoms with Crippen molar-refractivity contribution < 1.29 is 18.7 Å². The molecule has 2 amide bonds. The maximum Gasteiger partial charge on any atom is 0.305 e. The van der Waals surface area contributed by atoms with E-state index in [1.807, 2.05) is 24.3 Å². The molecule has 2 aliphatic heterocycles. The molecule has 1 aromatic heterocycles. The van der Waals surface area contributed by atoms with Gasteiger partial charge in [-0.2, -0.15) is 0 Å². The highest BCUT2D eigenvalue weighted by molar-refractivity contribution is 8.00. The van der Waals surface area contributed by atoms with Crippen LogP contribution in [-0.2, 0) is 9.59 Å². The van der Waals surface area contributed by atoms with Crippen LogP contribution in [0.2, 0.25) is 0 Å². The van der Waals surface area contributed by atoms with Gasteiger partial charge in [0.05, 0.1) is 29.7 Å². The highest BCUT2D eigenvalue weighted by atomic mass is 32.2. The van der Waals surface area contributed by atoms with Gasteiger partial charge in [0.1, 0.15) is 11.6 Å². The fraction of sp³-hybridized carbons (Fsp3) is 0.346. The number of aromatic amines is 1. The predicted molar refractivity (Wildman–Crippen MR) is 130 cm³/mol. The molecule has 1 N–H and O–H groups in total. The number of thioether (sulfide) groups is 1. The number of fused-ring (bicyclic) bond motifs is 9. The van der Waals surface area contributed by atoms with Gasteiger partial charge >= 0.3 is 4.87 Å². The first-order valence-corrected chi connectivity index (χ1v) is 13.3. The van der Waals surface area contributed by atoms with Crippen LogP contribution in [0.4, 0.5) is 10.1 Å². The number of hydrogen-bond donors (Lipinski definition) is 1. The van der Waals surface area contributed by atoms with Crippen LogP contribution in [0.25, 0.3) is 0 Å². The number of aromatic nitrogens is 1. The Morgan fingerprint density at radius 2 is 1.66 bits per heavy atom. The van der Waals surface area contributed by atoms with Crippen molar-refractivity contribution in [2.45, 2.75) is 22.6 Å². The van der Waals surface area contributed by atoms with Crippen molar-refractivity contribution in [2.24, 2.45) is 29.6 Å². The van der Waals surface area contributed by atoms with Gasteiger partial charge in [0.25, 0.3) is 0 Å². The van der Waals surface area contributed by atoms with E-state index in [1.165, 1.54) is 40.5 Å². The molecule has 2 saturated carbocycles. The lowest BCUT2D eigenvalue weighted by molar-refractivity contribution is -0.123. The second kappa shape index (κ2) is 7.54. The summed E-state index contributed by atoms with van der Waals surface area (Å²) in [5.74, 6) is -0.523. The average molecular weight is 509 g/mol. The third kappa shape index (κ3) is 2.91. The topological polar surface area (TPSA) is 79.5 Å². The van der Waals surface area contributed by atoms with Gasteiger partial charge in [0, 0.05) is 16.0 Å². The summed E-state index contributed by atoms with van der Waals surface area (Å²) in [6, 6.07) is 13.5. The average Bonchev–Trinajstić information content (AvgIpc) is 3.59. The number of hydrogen-bond acceptors (Lipinski definition) is 6. The first-order valence-electron chi connectivity index (χ1n) is 11.6. The fourth-order valence-corrected chi connectivity index (χ4v) is 9.93. The summed E-state index contributed by atoms with van der Waals surface area (Å²) in [5.41, 5.74) is 1.52.